The highest BCUT2D eigenvalue weighted by molar-refractivity contribution is 8.00. The summed E-state index contributed by atoms with van der Waals surface area (Å²) in [7, 11) is 0. The van der Waals surface area contributed by atoms with Crippen LogP contribution in [0.15, 0.2) is 0 Å². The zero-order valence-electron chi connectivity index (χ0n) is 7.19. The van der Waals surface area contributed by atoms with Crippen molar-refractivity contribution in [1.29, 1.82) is 0 Å². The minimum atomic E-state index is 0.498. The molecule has 13 heavy (non-hydrogen) atoms. The van der Waals surface area contributed by atoms with E-state index in [1.807, 2.05) is 16.3 Å². The number of nitrogens with zero attached hydrogens (tertiary/aromatic N) is 2. The first kappa shape index (κ1) is 9.08. The largest absolute Gasteiger partial charge is 0.368 e. The van der Waals surface area contributed by atoms with Crippen LogP contribution in [-0.2, 0) is 6.54 Å². The lowest BCUT2D eigenvalue weighted by Crippen LogP contribution is -2.12. The van der Waals surface area contributed by atoms with Gasteiger partial charge < -0.3 is 5.73 Å². The lowest BCUT2D eigenvalue weighted by Gasteiger charge is -2.09. The molecular formula is C7H12N4S2. The van der Waals surface area contributed by atoms with E-state index >= 15 is 0 Å². The lowest BCUT2D eigenvalue weighted by atomic mass is 10.2. The molecule has 1 aromatic rings. The van der Waals surface area contributed by atoms with Gasteiger partial charge in [0.2, 0.25) is 5.95 Å². The monoisotopic (exact) mass is 216 g/mol. The quantitative estimate of drug-likeness (QED) is 0.734. The number of nitrogens with one attached hydrogen (secondary N) is 1. The zero-order valence-corrected chi connectivity index (χ0v) is 8.83. The van der Waals surface area contributed by atoms with E-state index in [9.17, 15) is 0 Å². The van der Waals surface area contributed by atoms with Crippen molar-refractivity contribution in [2.45, 2.75) is 24.6 Å². The topological polar surface area (TPSA) is 59.6 Å². The predicted molar refractivity (Wildman–Crippen MR) is 57.3 cm³/mol. The maximum absolute atomic E-state index is 5.66. The highest BCUT2D eigenvalue weighted by atomic mass is 32.2. The smallest absolute Gasteiger partial charge is 0.220 e. The van der Waals surface area contributed by atoms with Crippen LogP contribution >= 0.6 is 24.0 Å². The fourth-order valence-corrected chi connectivity index (χ4v) is 2.97. The molecule has 1 atom stereocenters. The van der Waals surface area contributed by atoms with Crippen LogP contribution in [0.4, 0.5) is 5.95 Å². The number of thioether (sulfide) groups is 1. The van der Waals surface area contributed by atoms with Gasteiger partial charge in [-0.1, -0.05) is 0 Å². The normalized spacial score (nSPS) is 22.3. The molecule has 6 heteroatoms. The molecule has 1 unspecified atom stereocenters. The van der Waals surface area contributed by atoms with Crippen LogP contribution in [0, 0.1) is 4.77 Å². The molecule has 0 saturated carbocycles. The van der Waals surface area contributed by atoms with E-state index in [0.717, 1.165) is 6.54 Å². The number of aromatic amines is 1. The summed E-state index contributed by atoms with van der Waals surface area (Å²) >= 11 is 7.06. The Bertz CT molecular complexity index is 337. The summed E-state index contributed by atoms with van der Waals surface area (Å²) in [6, 6.07) is 0. The van der Waals surface area contributed by atoms with Crippen LogP contribution in [0.25, 0.3) is 0 Å². The highest BCUT2D eigenvalue weighted by Crippen LogP contribution is 2.27. The lowest BCUT2D eigenvalue weighted by molar-refractivity contribution is 0.637. The van der Waals surface area contributed by atoms with E-state index in [4.69, 9.17) is 18.0 Å². The number of H-pyrrole nitrogens is 1. The Balaban J connectivity index is 2.12. The van der Waals surface area contributed by atoms with Gasteiger partial charge in [0.05, 0.1) is 0 Å². The molecular weight excluding hydrogens is 204 g/mol. The van der Waals surface area contributed by atoms with Gasteiger partial charge in [-0.15, -0.1) is 5.10 Å². The van der Waals surface area contributed by atoms with Gasteiger partial charge in [0.1, 0.15) is 0 Å². The van der Waals surface area contributed by atoms with Gasteiger partial charge in [-0.05, 0) is 30.8 Å². The molecule has 3 N–H and O–H groups in total. The van der Waals surface area contributed by atoms with E-state index in [-0.39, 0.29) is 0 Å². The fourth-order valence-electron chi connectivity index (χ4n) is 1.50. The highest BCUT2D eigenvalue weighted by Gasteiger charge is 2.17. The van der Waals surface area contributed by atoms with Crippen LogP contribution in [-0.4, -0.2) is 25.8 Å². The van der Waals surface area contributed by atoms with E-state index in [0.29, 0.717) is 16.0 Å². The summed E-state index contributed by atoms with van der Waals surface area (Å²) in [6.45, 7) is 0.895. The second-order valence-corrected chi connectivity index (χ2v) is 4.93. The van der Waals surface area contributed by atoms with Gasteiger partial charge in [-0.3, -0.25) is 4.57 Å². The number of hydrogen-bond donors (Lipinski definition) is 2. The van der Waals surface area contributed by atoms with Gasteiger partial charge >= 0.3 is 0 Å². The summed E-state index contributed by atoms with van der Waals surface area (Å²) in [4.78, 5) is 0. The Kier molecular flexibility index (Phi) is 2.59. The average Bonchev–Trinajstić information content (AvgIpc) is 2.70. The Morgan fingerprint density at radius 1 is 1.77 bits per heavy atom. The van der Waals surface area contributed by atoms with Crippen LogP contribution in [0.2, 0.25) is 0 Å². The Morgan fingerprint density at radius 2 is 2.62 bits per heavy atom. The Labute approximate surface area is 85.9 Å². The van der Waals surface area contributed by atoms with Crippen LogP contribution < -0.4 is 5.73 Å². The first-order valence-electron chi connectivity index (χ1n) is 4.29. The molecule has 1 aliphatic rings. The number of nitrogen functional groups attached to an aromatic ring is 1. The zero-order chi connectivity index (χ0) is 9.26. The molecule has 0 bridgehead atoms. The van der Waals surface area contributed by atoms with E-state index in [2.05, 4.69) is 10.2 Å². The number of aromatic nitrogens is 3. The average molecular weight is 216 g/mol. The van der Waals surface area contributed by atoms with Gasteiger partial charge in [-0.25, -0.2) is 5.10 Å². The summed E-state index contributed by atoms with van der Waals surface area (Å²) in [5, 5.41) is 7.22. The van der Waals surface area contributed by atoms with Crippen molar-refractivity contribution in [3.8, 4) is 0 Å². The summed E-state index contributed by atoms with van der Waals surface area (Å²) in [5.41, 5.74) is 5.66. The molecule has 1 aliphatic heterocycles. The fraction of sp³-hybridized carbons (Fsp3) is 0.714. The standard InChI is InChI=1S/C7H12N4S2/c8-6-9-10-7(12)11(6)4-5-2-1-3-13-5/h5H,1-4H2,(H2,8,9)(H,10,12). The van der Waals surface area contributed by atoms with Crippen molar-refractivity contribution < 1.29 is 0 Å². The molecule has 1 aromatic heterocycles. The first-order valence-corrected chi connectivity index (χ1v) is 5.75. The predicted octanol–water partition coefficient (Wildman–Crippen LogP) is 1.42. The molecule has 0 amide bonds. The van der Waals surface area contributed by atoms with Crippen LogP contribution in [0.3, 0.4) is 0 Å². The molecule has 1 saturated heterocycles. The first-order chi connectivity index (χ1) is 6.27. The second kappa shape index (κ2) is 3.71. The molecule has 2 rings (SSSR count). The molecule has 0 spiro atoms. The van der Waals surface area contributed by atoms with E-state index in [1.54, 1.807) is 0 Å². The van der Waals surface area contributed by atoms with Crippen molar-refractivity contribution >= 4 is 29.9 Å². The molecule has 0 radical (unpaired) electrons. The maximum atomic E-state index is 5.66. The number of rotatable bonds is 2. The summed E-state index contributed by atoms with van der Waals surface area (Å²) in [6.07, 6.45) is 2.57. The summed E-state index contributed by atoms with van der Waals surface area (Å²) < 4.78 is 2.50. The van der Waals surface area contributed by atoms with Crippen molar-refractivity contribution in [2.24, 2.45) is 0 Å². The minimum Gasteiger partial charge on any atom is -0.368 e. The van der Waals surface area contributed by atoms with Crippen molar-refractivity contribution in [3.05, 3.63) is 4.77 Å². The Hall–Kier alpha value is -0.490. The molecule has 4 nitrogen and oxygen atoms in total. The molecule has 0 aromatic carbocycles. The molecule has 1 fully saturated rings. The van der Waals surface area contributed by atoms with E-state index < -0.39 is 0 Å². The van der Waals surface area contributed by atoms with Crippen LogP contribution in [0.5, 0.6) is 0 Å². The third-order valence-electron chi connectivity index (χ3n) is 2.20. The van der Waals surface area contributed by atoms with Gasteiger partial charge in [-0.2, -0.15) is 11.8 Å². The minimum absolute atomic E-state index is 0.498. The SMILES string of the molecule is Nc1n[nH]c(=S)n1CC1CCCS1. The number of nitrogens with two attached hydrogens (primary N) is 1. The third kappa shape index (κ3) is 1.88. The summed E-state index contributed by atoms with van der Waals surface area (Å²) in [5.74, 6) is 1.76. The van der Waals surface area contributed by atoms with Gasteiger partial charge in [0.25, 0.3) is 0 Å². The van der Waals surface area contributed by atoms with Crippen molar-refractivity contribution in [3.63, 3.8) is 0 Å². The van der Waals surface area contributed by atoms with Crippen molar-refractivity contribution in [1.82, 2.24) is 14.8 Å². The van der Waals surface area contributed by atoms with E-state index in [1.165, 1.54) is 18.6 Å². The third-order valence-corrected chi connectivity index (χ3v) is 3.89. The van der Waals surface area contributed by atoms with Gasteiger partial charge in [0.15, 0.2) is 4.77 Å². The molecule has 2 heterocycles. The number of hydrogen-bond acceptors (Lipinski definition) is 4. The van der Waals surface area contributed by atoms with Gasteiger partial charge in [0, 0.05) is 11.8 Å². The van der Waals surface area contributed by atoms with Crippen molar-refractivity contribution in [2.75, 3.05) is 11.5 Å². The second-order valence-electron chi connectivity index (χ2n) is 3.13. The number of anilines is 1. The molecule has 72 valence electrons. The van der Waals surface area contributed by atoms with Crippen LogP contribution in [0.1, 0.15) is 12.8 Å². The Morgan fingerprint density at radius 3 is 3.15 bits per heavy atom. The molecule has 0 aliphatic carbocycles. The maximum Gasteiger partial charge on any atom is 0.220 e.